The summed E-state index contributed by atoms with van der Waals surface area (Å²) in [6.07, 6.45) is 0. The highest BCUT2D eigenvalue weighted by Crippen LogP contribution is 2.35. The molecule has 6 heteroatoms. The Kier molecular flexibility index (Phi) is 3.96. The lowest BCUT2D eigenvalue weighted by Crippen LogP contribution is -2.22. The van der Waals surface area contributed by atoms with Crippen LogP contribution in [0, 0.1) is 11.7 Å². The number of nitrogens with zero attached hydrogens (tertiary/aromatic N) is 1. The molecule has 0 saturated carbocycles. The highest BCUT2D eigenvalue weighted by Gasteiger charge is 2.17. The van der Waals surface area contributed by atoms with E-state index in [2.05, 4.69) is 4.98 Å². The number of aryl methyl sites for hydroxylation is 1. The molecule has 1 aromatic carbocycles. The molecule has 0 saturated heterocycles. The summed E-state index contributed by atoms with van der Waals surface area (Å²) in [4.78, 5) is 19.5. The van der Waals surface area contributed by atoms with Crippen molar-refractivity contribution in [3.8, 4) is 11.1 Å². The molecule has 1 N–H and O–H groups in total. The molecule has 0 spiro atoms. The minimum absolute atomic E-state index is 0.0228. The summed E-state index contributed by atoms with van der Waals surface area (Å²) >= 11 is 8.64. The second-order valence-corrected chi connectivity index (χ2v) is 8.15. The average Bonchev–Trinajstić information content (AvgIpc) is 3.19. The van der Waals surface area contributed by atoms with Crippen molar-refractivity contribution in [3.05, 3.63) is 72.7 Å². The first-order valence-corrected chi connectivity index (χ1v) is 9.59. The minimum Gasteiger partial charge on any atom is -0.323 e. The second kappa shape index (κ2) is 6.12. The summed E-state index contributed by atoms with van der Waals surface area (Å²) in [5, 5.41) is 2.74. The van der Waals surface area contributed by atoms with Crippen LogP contribution in [0.2, 0.25) is 0 Å². The summed E-state index contributed by atoms with van der Waals surface area (Å²) in [6.45, 7) is 2.55. The van der Waals surface area contributed by atoms with Crippen molar-refractivity contribution in [1.29, 1.82) is 0 Å². The van der Waals surface area contributed by atoms with Gasteiger partial charge in [-0.15, -0.1) is 22.7 Å². The van der Waals surface area contributed by atoms with Crippen LogP contribution in [0.1, 0.15) is 9.75 Å². The van der Waals surface area contributed by atoms with Gasteiger partial charge in [-0.1, -0.05) is 36.4 Å². The number of rotatable bonds is 3. The third kappa shape index (κ3) is 2.56. The molecule has 0 unspecified atom stereocenters. The summed E-state index contributed by atoms with van der Waals surface area (Å²) in [7, 11) is 0. The lowest BCUT2D eigenvalue weighted by molar-refractivity contribution is 0.745. The first kappa shape index (κ1) is 15.5. The molecular weight excluding hydrogens is 356 g/mol. The quantitative estimate of drug-likeness (QED) is 0.503. The molecule has 120 valence electrons. The molecule has 0 aliphatic carbocycles. The van der Waals surface area contributed by atoms with Gasteiger partial charge in [0.15, 0.2) is 4.77 Å². The number of hydrogen-bond acceptors (Lipinski definition) is 4. The van der Waals surface area contributed by atoms with E-state index < -0.39 is 0 Å². The zero-order chi connectivity index (χ0) is 16.7. The van der Waals surface area contributed by atoms with Gasteiger partial charge < -0.3 is 4.98 Å². The van der Waals surface area contributed by atoms with Gasteiger partial charge in [0.1, 0.15) is 4.83 Å². The van der Waals surface area contributed by atoms with Crippen LogP contribution in [0.4, 0.5) is 0 Å². The van der Waals surface area contributed by atoms with E-state index in [1.165, 1.54) is 0 Å². The molecule has 0 fully saturated rings. The van der Waals surface area contributed by atoms with E-state index in [0.29, 0.717) is 11.3 Å². The van der Waals surface area contributed by atoms with Crippen molar-refractivity contribution in [2.24, 2.45) is 0 Å². The zero-order valence-electron chi connectivity index (χ0n) is 12.9. The molecule has 0 bridgehead atoms. The number of hydrogen-bond donors (Lipinski definition) is 1. The van der Waals surface area contributed by atoms with Crippen LogP contribution in [0.15, 0.2) is 52.6 Å². The highest BCUT2D eigenvalue weighted by atomic mass is 32.1. The Morgan fingerprint density at radius 3 is 2.67 bits per heavy atom. The molecule has 0 aliphatic heterocycles. The third-order valence-corrected chi connectivity index (χ3v) is 6.17. The van der Waals surface area contributed by atoms with Gasteiger partial charge in [0.05, 0.1) is 11.9 Å². The van der Waals surface area contributed by atoms with E-state index in [-0.39, 0.29) is 5.56 Å². The fraction of sp³-hybridized carbons (Fsp3) is 0.111. The topological polar surface area (TPSA) is 37.8 Å². The van der Waals surface area contributed by atoms with E-state index >= 15 is 0 Å². The number of benzene rings is 1. The summed E-state index contributed by atoms with van der Waals surface area (Å²) in [5.41, 5.74) is 2.05. The number of aromatic amines is 1. The molecule has 3 nitrogen and oxygen atoms in total. The highest BCUT2D eigenvalue weighted by molar-refractivity contribution is 7.71. The van der Waals surface area contributed by atoms with Crippen molar-refractivity contribution >= 4 is 45.1 Å². The Balaban J connectivity index is 2.01. The maximum Gasteiger partial charge on any atom is 0.264 e. The Morgan fingerprint density at radius 1 is 1.17 bits per heavy atom. The number of fused-ring (bicyclic) bond motifs is 1. The molecule has 0 amide bonds. The van der Waals surface area contributed by atoms with Crippen molar-refractivity contribution in [2.75, 3.05) is 0 Å². The molecule has 0 atom stereocenters. The standard InChI is InChI=1S/C18H14N2OS3/c1-11-14(12-6-3-2-4-7-12)15-16(24-11)19-18(22)20(17(15)21)10-13-8-5-9-23-13/h2-9H,10H2,1H3,(H,19,22). The molecular formula is C18H14N2OS3. The third-order valence-electron chi connectivity index (χ3n) is 3.97. The Hall–Kier alpha value is -2.02. The number of thiophene rings is 2. The van der Waals surface area contributed by atoms with Crippen LogP contribution in [-0.2, 0) is 6.54 Å². The van der Waals surface area contributed by atoms with Crippen LogP contribution in [0.5, 0.6) is 0 Å². The van der Waals surface area contributed by atoms with Gasteiger partial charge in [-0.05, 0) is 36.2 Å². The molecule has 3 heterocycles. The van der Waals surface area contributed by atoms with E-state index in [1.54, 1.807) is 27.2 Å². The normalized spacial score (nSPS) is 11.2. The maximum absolute atomic E-state index is 13.2. The van der Waals surface area contributed by atoms with Gasteiger partial charge in [0.25, 0.3) is 5.56 Å². The van der Waals surface area contributed by atoms with Gasteiger partial charge in [-0.25, -0.2) is 0 Å². The van der Waals surface area contributed by atoms with Gasteiger partial charge in [0.2, 0.25) is 0 Å². The van der Waals surface area contributed by atoms with Gasteiger partial charge in [0, 0.05) is 15.3 Å². The zero-order valence-corrected chi connectivity index (χ0v) is 15.4. The van der Waals surface area contributed by atoms with E-state index in [4.69, 9.17) is 12.2 Å². The van der Waals surface area contributed by atoms with Crippen molar-refractivity contribution < 1.29 is 0 Å². The summed E-state index contributed by atoms with van der Waals surface area (Å²) in [6, 6.07) is 14.1. The van der Waals surface area contributed by atoms with E-state index in [9.17, 15) is 4.79 Å². The van der Waals surface area contributed by atoms with Crippen LogP contribution in [0.3, 0.4) is 0 Å². The van der Waals surface area contributed by atoms with E-state index in [0.717, 1.165) is 31.1 Å². The first-order chi connectivity index (χ1) is 11.6. The lowest BCUT2D eigenvalue weighted by atomic mass is 10.0. The molecule has 0 aliphatic rings. The van der Waals surface area contributed by atoms with Crippen LogP contribution >= 0.6 is 34.9 Å². The molecule has 4 aromatic rings. The first-order valence-electron chi connectivity index (χ1n) is 7.49. The van der Waals surface area contributed by atoms with E-state index in [1.807, 2.05) is 54.8 Å². The molecule has 3 aromatic heterocycles. The lowest BCUT2D eigenvalue weighted by Gasteiger charge is -2.06. The van der Waals surface area contributed by atoms with Gasteiger partial charge in [-0.3, -0.25) is 9.36 Å². The van der Waals surface area contributed by atoms with Gasteiger partial charge >= 0.3 is 0 Å². The summed E-state index contributed by atoms with van der Waals surface area (Å²) in [5.74, 6) is 0. The smallest absolute Gasteiger partial charge is 0.264 e. The number of H-pyrrole nitrogens is 1. The predicted molar refractivity (Wildman–Crippen MR) is 105 cm³/mol. The number of aromatic nitrogens is 2. The second-order valence-electron chi connectivity index (χ2n) is 5.50. The fourth-order valence-corrected chi connectivity index (χ4v) is 4.96. The van der Waals surface area contributed by atoms with Gasteiger partial charge in [-0.2, -0.15) is 0 Å². The average molecular weight is 371 g/mol. The monoisotopic (exact) mass is 370 g/mol. The van der Waals surface area contributed by atoms with Crippen molar-refractivity contribution in [2.45, 2.75) is 13.5 Å². The maximum atomic E-state index is 13.2. The largest absolute Gasteiger partial charge is 0.323 e. The summed E-state index contributed by atoms with van der Waals surface area (Å²) < 4.78 is 2.13. The van der Waals surface area contributed by atoms with Crippen molar-refractivity contribution in [3.63, 3.8) is 0 Å². The van der Waals surface area contributed by atoms with Crippen LogP contribution in [-0.4, -0.2) is 9.55 Å². The fourth-order valence-electron chi connectivity index (χ4n) is 2.88. The Labute approximate surface area is 151 Å². The van der Waals surface area contributed by atoms with Crippen molar-refractivity contribution in [1.82, 2.24) is 9.55 Å². The van der Waals surface area contributed by atoms with Crippen LogP contribution in [0.25, 0.3) is 21.3 Å². The Morgan fingerprint density at radius 2 is 1.96 bits per heavy atom. The molecule has 0 radical (unpaired) electrons. The van der Waals surface area contributed by atoms with Crippen LogP contribution < -0.4 is 5.56 Å². The molecule has 24 heavy (non-hydrogen) atoms. The molecule has 4 rings (SSSR count). The Bertz CT molecular complexity index is 1120. The predicted octanol–water partition coefficient (Wildman–Crippen LogP) is 5.21. The minimum atomic E-state index is -0.0228. The number of nitrogens with one attached hydrogen (secondary N) is 1. The SMILES string of the molecule is Cc1sc2[nH]c(=S)n(Cc3cccs3)c(=O)c2c1-c1ccccc1.